The van der Waals surface area contributed by atoms with E-state index in [-0.39, 0.29) is 17.5 Å². The summed E-state index contributed by atoms with van der Waals surface area (Å²) in [5.74, 6) is -0.781. The lowest BCUT2D eigenvalue weighted by atomic mass is 10.1. The molecule has 0 heterocycles. The van der Waals surface area contributed by atoms with E-state index in [1.165, 1.54) is 12.1 Å². The van der Waals surface area contributed by atoms with Crippen molar-refractivity contribution in [3.05, 3.63) is 35.1 Å². The Morgan fingerprint density at radius 1 is 1.47 bits per heavy atom. The Kier molecular flexibility index (Phi) is 5.13. The molecule has 0 saturated carbocycles. The molecule has 1 aromatic carbocycles. The van der Waals surface area contributed by atoms with Gasteiger partial charge in [-0.2, -0.15) is 0 Å². The highest BCUT2D eigenvalue weighted by Crippen LogP contribution is 2.10. The third-order valence-electron chi connectivity index (χ3n) is 2.74. The van der Waals surface area contributed by atoms with Gasteiger partial charge in [-0.1, -0.05) is 25.8 Å². The molecular formula is C14H20FNO. The lowest BCUT2D eigenvalue weighted by Crippen LogP contribution is -2.33. The lowest BCUT2D eigenvalue weighted by molar-refractivity contribution is 0.0934. The van der Waals surface area contributed by atoms with Crippen LogP contribution in [0.15, 0.2) is 18.2 Å². The summed E-state index contributed by atoms with van der Waals surface area (Å²) in [5.41, 5.74) is 0.942. The zero-order chi connectivity index (χ0) is 12.8. The molecule has 1 amide bonds. The van der Waals surface area contributed by atoms with Gasteiger partial charge in [-0.25, -0.2) is 4.39 Å². The molecule has 0 aliphatic carbocycles. The van der Waals surface area contributed by atoms with Gasteiger partial charge in [0.2, 0.25) is 0 Å². The number of benzene rings is 1. The second kappa shape index (κ2) is 6.38. The molecule has 3 heteroatoms. The highest BCUT2D eigenvalue weighted by atomic mass is 19.1. The summed E-state index contributed by atoms with van der Waals surface area (Å²) in [6, 6.07) is 4.75. The zero-order valence-corrected chi connectivity index (χ0v) is 10.7. The topological polar surface area (TPSA) is 29.1 Å². The maximum absolute atomic E-state index is 13.5. The first-order chi connectivity index (χ1) is 8.04. The average Bonchev–Trinajstić information content (AvgIpc) is 2.26. The van der Waals surface area contributed by atoms with Crippen LogP contribution in [0.1, 0.15) is 49.0 Å². The van der Waals surface area contributed by atoms with Gasteiger partial charge in [0.25, 0.3) is 5.91 Å². The third kappa shape index (κ3) is 4.17. The highest BCUT2D eigenvalue weighted by Gasteiger charge is 2.13. The second-order valence-electron chi connectivity index (χ2n) is 4.50. The van der Waals surface area contributed by atoms with Crippen LogP contribution in [0.4, 0.5) is 4.39 Å². The minimum atomic E-state index is -0.454. The highest BCUT2D eigenvalue weighted by molar-refractivity contribution is 5.94. The number of hydrogen-bond donors (Lipinski definition) is 1. The molecule has 0 aliphatic rings. The van der Waals surface area contributed by atoms with Crippen LogP contribution >= 0.6 is 0 Å². The van der Waals surface area contributed by atoms with Gasteiger partial charge in [-0.05, 0) is 38.0 Å². The predicted octanol–water partition coefficient (Wildman–Crippen LogP) is 3.44. The summed E-state index contributed by atoms with van der Waals surface area (Å²) in [4.78, 5) is 11.8. The minimum Gasteiger partial charge on any atom is -0.349 e. The van der Waals surface area contributed by atoms with E-state index in [0.717, 1.165) is 24.8 Å². The number of hydrogen-bond acceptors (Lipinski definition) is 1. The van der Waals surface area contributed by atoms with E-state index in [9.17, 15) is 9.18 Å². The van der Waals surface area contributed by atoms with Crippen LogP contribution in [0.5, 0.6) is 0 Å². The quantitative estimate of drug-likeness (QED) is 0.835. The van der Waals surface area contributed by atoms with Gasteiger partial charge in [0, 0.05) is 6.04 Å². The number of unbranched alkanes of at least 4 members (excludes halogenated alkanes) is 1. The van der Waals surface area contributed by atoms with Crippen LogP contribution in [-0.2, 0) is 0 Å². The Balaban J connectivity index is 2.63. The molecule has 1 unspecified atom stereocenters. The van der Waals surface area contributed by atoms with E-state index in [4.69, 9.17) is 0 Å². The van der Waals surface area contributed by atoms with Gasteiger partial charge in [-0.15, -0.1) is 0 Å². The summed E-state index contributed by atoms with van der Waals surface area (Å²) in [5, 5.41) is 2.81. The van der Waals surface area contributed by atoms with E-state index in [0.29, 0.717) is 0 Å². The van der Waals surface area contributed by atoms with E-state index >= 15 is 0 Å². The van der Waals surface area contributed by atoms with E-state index < -0.39 is 5.82 Å². The first-order valence-electron chi connectivity index (χ1n) is 6.11. The van der Waals surface area contributed by atoms with Crippen molar-refractivity contribution in [2.24, 2.45) is 0 Å². The lowest BCUT2D eigenvalue weighted by Gasteiger charge is -2.13. The monoisotopic (exact) mass is 237 g/mol. The van der Waals surface area contributed by atoms with Gasteiger partial charge in [0.15, 0.2) is 0 Å². The molecule has 0 bridgehead atoms. The molecule has 0 saturated heterocycles. The average molecular weight is 237 g/mol. The molecule has 17 heavy (non-hydrogen) atoms. The van der Waals surface area contributed by atoms with Crippen LogP contribution in [-0.4, -0.2) is 11.9 Å². The van der Waals surface area contributed by atoms with E-state index in [1.54, 1.807) is 13.0 Å². The normalized spacial score (nSPS) is 12.2. The van der Waals surface area contributed by atoms with Gasteiger partial charge < -0.3 is 5.32 Å². The summed E-state index contributed by atoms with van der Waals surface area (Å²) in [6.45, 7) is 5.85. The molecule has 94 valence electrons. The number of carbonyl (C=O) groups excluding carboxylic acids is 1. The van der Waals surface area contributed by atoms with Gasteiger partial charge in [-0.3, -0.25) is 4.79 Å². The summed E-state index contributed by atoms with van der Waals surface area (Å²) in [6.07, 6.45) is 3.09. The fourth-order valence-electron chi connectivity index (χ4n) is 1.69. The standard InChI is InChI=1S/C14H20FNO/c1-4-5-6-11(3)16-14(17)12-8-7-10(2)9-13(12)15/h7-9,11H,4-6H2,1-3H3,(H,16,17). The first-order valence-corrected chi connectivity index (χ1v) is 6.11. The largest absolute Gasteiger partial charge is 0.349 e. The Morgan fingerprint density at radius 2 is 2.18 bits per heavy atom. The zero-order valence-electron chi connectivity index (χ0n) is 10.7. The fraction of sp³-hybridized carbons (Fsp3) is 0.500. The minimum absolute atomic E-state index is 0.0863. The summed E-state index contributed by atoms with van der Waals surface area (Å²) < 4.78 is 13.5. The molecule has 0 aromatic heterocycles. The van der Waals surface area contributed by atoms with Crippen LogP contribution in [0.2, 0.25) is 0 Å². The van der Waals surface area contributed by atoms with Crippen LogP contribution < -0.4 is 5.32 Å². The smallest absolute Gasteiger partial charge is 0.254 e. The number of amides is 1. The summed E-state index contributed by atoms with van der Waals surface area (Å²) in [7, 11) is 0. The number of rotatable bonds is 5. The van der Waals surface area contributed by atoms with Gasteiger partial charge in [0.1, 0.15) is 5.82 Å². The van der Waals surface area contributed by atoms with Crippen molar-refractivity contribution >= 4 is 5.91 Å². The van der Waals surface area contributed by atoms with Crippen molar-refractivity contribution in [3.63, 3.8) is 0 Å². The molecule has 0 radical (unpaired) electrons. The Morgan fingerprint density at radius 3 is 2.76 bits per heavy atom. The van der Waals surface area contributed by atoms with Crippen molar-refractivity contribution in [2.45, 2.75) is 46.1 Å². The van der Waals surface area contributed by atoms with Crippen molar-refractivity contribution in [2.75, 3.05) is 0 Å². The maximum atomic E-state index is 13.5. The van der Waals surface area contributed by atoms with E-state index in [2.05, 4.69) is 12.2 Å². The van der Waals surface area contributed by atoms with Crippen molar-refractivity contribution in [1.82, 2.24) is 5.32 Å². The predicted molar refractivity (Wildman–Crippen MR) is 67.6 cm³/mol. The number of aryl methyl sites for hydroxylation is 1. The Bertz CT molecular complexity index is 390. The first kappa shape index (κ1) is 13.7. The molecule has 1 N–H and O–H groups in total. The SMILES string of the molecule is CCCCC(C)NC(=O)c1ccc(C)cc1F. The van der Waals surface area contributed by atoms with Gasteiger partial charge in [0.05, 0.1) is 5.56 Å². The molecule has 1 aromatic rings. The van der Waals surface area contributed by atoms with Gasteiger partial charge >= 0.3 is 0 Å². The van der Waals surface area contributed by atoms with Crippen molar-refractivity contribution in [3.8, 4) is 0 Å². The third-order valence-corrected chi connectivity index (χ3v) is 2.74. The van der Waals surface area contributed by atoms with Crippen LogP contribution in [0.25, 0.3) is 0 Å². The van der Waals surface area contributed by atoms with Crippen LogP contribution in [0.3, 0.4) is 0 Å². The second-order valence-corrected chi connectivity index (χ2v) is 4.50. The van der Waals surface area contributed by atoms with E-state index in [1.807, 2.05) is 6.92 Å². The molecular weight excluding hydrogens is 217 g/mol. The van der Waals surface area contributed by atoms with Crippen molar-refractivity contribution in [1.29, 1.82) is 0 Å². The Labute approximate surface area is 102 Å². The molecule has 2 nitrogen and oxygen atoms in total. The molecule has 0 fully saturated rings. The fourth-order valence-corrected chi connectivity index (χ4v) is 1.69. The van der Waals surface area contributed by atoms with Crippen LogP contribution in [0, 0.1) is 12.7 Å². The molecule has 0 spiro atoms. The molecule has 1 atom stereocenters. The maximum Gasteiger partial charge on any atom is 0.254 e. The molecule has 1 rings (SSSR count). The number of halogens is 1. The number of carbonyl (C=O) groups is 1. The summed E-state index contributed by atoms with van der Waals surface area (Å²) >= 11 is 0. The number of nitrogens with one attached hydrogen (secondary N) is 1. The molecule has 0 aliphatic heterocycles. The van der Waals surface area contributed by atoms with Crippen molar-refractivity contribution < 1.29 is 9.18 Å². The Hall–Kier alpha value is -1.38.